The van der Waals surface area contributed by atoms with E-state index in [1.807, 2.05) is 0 Å². The highest BCUT2D eigenvalue weighted by molar-refractivity contribution is 7.86. The predicted molar refractivity (Wildman–Crippen MR) is 77.2 cm³/mol. The zero-order chi connectivity index (χ0) is 13.7. The van der Waals surface area contributed by atoms with Gasteiger partial charge in [-0.1, -0.05) is 13.3 Å². The summed E-state index contributed by atoms with van der Waals surface area (Å²) >= 11 is 0. The van der Waals surface area contributed by atoms with Gasteiger partial charge >= 0.3 is 0 Å². The van der Waals surface area contributed by atoms with Crippen molar-refractivity contribution in [3.05, 3.63) is 0 Å². The number of piperidine rings is 2. The summed E-state index contributed by atoms with van der Waals surface area (Å²) in [6.45, 7) is 5.93. The highest BCUT2D eigenvalue weighted by Crippen LogP contribution is 2.20. The lowest BCUT2D eigenvalue weighted by Gasteiger charge is -2.36. The van der Waals surface area contributed by atoms with E-state index in [1.165, 1.54) is 0 Å². The molecule has 19 heavy (non-hydrogen) atoms. The van der Waals surface area contributed by atoms with Crippen LogP contribution in [-0.4, -0.2) is 55.8 Å². The van der Waals surface area contributed by atoms with Gasteiger partial charge in [0.2, 0.25) is 0 Å². The molecular weight excluding hydrogens is 262 g/mol. The fraction of sp³-hybridized carbons (Fsp3) is 1.00. The van der Waals surface area contributed by atoms with Crippen molar-refractivity contribution in [1.29, 1.82) is 0 Å². The lowest BCUT2D eigenvalue weighted by molar-refractivity contribution is 0.256. The minimum absolute atomic E-state index is 0.493. The van der Waals surface area contributed by atoms with E-state index in [9.17, 15) is 8.42 Å². The molecule has 2 saturated heterocycles. The maximum absolute atomic E-state index is 12.5. The Balaban J connectivity index is 1.85. The number of nitrogens with zero attached hydrogens (tertiary/aromatic N) is 2. The summed E-state index contributed by atoms with van der Waals surface area (Å²) in [5, 5.41) is 3.49. The van der Waals surface area contributed by atoms with Gasteiger partial charge in [0.25, 0.3) is 10.2 Å². The maximum Gasteiger partial charge on any atom is 0.281 e. The molecule has 0 aromatic rings. The van der Waals surface area contributed by atoms with Crippen LogP contribution in [0.3, 0.4) is 0 Å². The lowest BCUT2D eigenvalue weighted by atomic mass is 10.1. The Labute approximate surface area is 117 Å². The minimum Gasteiger partial charge on any atom is -0.314 e. The summed E-state index contributed by atoms with van der Waals surface area (Å²) in [6.07, 6.45) is 6.18. The summed E-state index contributed by atoms with van der Waals surface area (Å²) in [6, 6.07) is 0.493. The molecule has 5 nitrogen and oxygen atoms in total. The van der Waals surface area contributed by atoms with E-state index >= 15 is 0 Å². The molecule has 6 heteroatoms. The summed E-state index contributed by atoms with van der Waals surface area (Å²) in [5.74, 6) is 0. The van der Waals surface area contributed by atoms with Crippen LogP contribution in [0.25, 0.3) is 0 Å². The summed E-state index contributed by atoms with van der Waals surface area (Å²) < 4.78 is 28.3. The minimum atomic E-state index is -3.19. The molecule has 0 bridgehead atoms. The first-order valence-corrected chi connectivity index (χ1v) is 9.03. The molecule has 0 aliphatic carbocycles. The summed E-state index contributed by atoms with van der Waals surface area (Å²) in [7, 11) is -3.19. The second-order valence-corrected chi connectivity index (χ2v) is 7.52. The fourth-order valence-electron chi connectivity index (χ4n) is 2.90. The third-order valence-electron chi connectivity index (χ3n) is 4.10. The van der Waals surface area contributed by atoms with Crippen LogP contribution in [0.15, 0.2) is 0 Å². The lowest BCUT2D eigenvalue weighted by Crippen LogP contribution is -2.51. The smallest absolute Gasteiger partial charge is 0.281 e. The Morgan fingerprint density at radius 3 is 2.16 bits per heavy atom. The average molecular weight is 289 g/mol. The molecule has 0 aromatic heterocycles. The Bertz CT molecular complexity index is 358. The standard InChI is InChI=1S/C13H27N3O2S/c1-2-8-14-13-6-11-16(12-7-13)19(17,18)15-9-4-3-5-10-15/h13-14H,2-12H2,1H3. The zero-order valence-electron chi connectivity index (χ0n) is 12.0. The number of hydrogen-bond donors (Lipinski definition) is 1. The monoisotopic (exact) mass is 289 g/mol. The molecule has 2 heterocycles. The van der Waals surface area contributed by atoms with E-state index in [2.05, 4.69) is 12.2 Å². The van der Waals surface area contributed by atoms with E-state index in [0.29, 0.717) is 32.2 Å². The van der Waals surface area contributed by atoms with Crippen LogP contribution in [0.1, 0.15) is 45.4 Å². The number of nitrogens with one attached hydrogen (secondary N) is 1. The van der Waals surface area contributed by atoms with Gasteiger partial charge in [0.1, 0.15) is 0 Å². The van der Waals surface area contributed by atoms with Crippen LogP contribution >= 0.6 is 0 Å². The molecule has 2 rings (SSSR count). The molecule has 112 valence electrons. The number of rotatable bonds is 5. The number of hydrogen-bond acceptors (Lipinski definition) is 3. The van der Waals surface area contributed by atoms with Gasteiger partial charge in [-0.25, -0.2) is 0 Å². The molecule has 1 N–H and O–H groups in total. The maximum atomic E-state index is 12.5. The molecule has 0 saturated carbocycles. The Kier molecular flexibility index (Phi) is 5.62. The topological polar surface area (TPSA) is 52.7 Å². The SMILES string of the molecule is CCCNC1CCN(S(=O)(=O)N2CCCCC2)CC1. The van der Waals surface area contributed by atoms with E-state index in [-0.39, 0.29) is 0 Å². The van der Waals surface area contributed by atoms with E-state index in [0.717, 1.165) is 45.1 Å². The van der Waals surface area contributed by atoms with Crippen LogP contribution in [0.2, 0.25) is 0 Å². The van der Waals surface area contributed by atoms with Crippen molar-refractivity contribution in [3.63, 3.8) is 0 Å². The van der Waals surface area contributed by atoms with Crippen molar-refractivity contribution in [2.45, 2.75) is 51.5 Å². The third kappa shape index (κ3) is 3.90. The van der Waals surface area contributed by atoms with Crippen LogP contribution in [-0.2, 0) is 10.2 Å². The Morgan fingerprint density at radius 2 is 1.58 bits per heavy atom. The van der Waals surface area contributed by atoms with Crippen LogP contribution in [0.5, 0.6) is 0 Å². The van der Waals surface area contributed by atoms with Gasteiger partial charge in [-0.15, -0.1) is 0 Å². The molecule has 0 aromatic carbocycles. The molecule has 0 radical (unpaired) electrons. The second-order valence-electron chi connectivity index (χ2n) is 5.59. The highest BCUT2D eigenvalue weighted by Gasteiger charge is 2.33. The first kappa shape index (κ1) is 15.2. The molecule has 0 unspecified atom stereocenters. The molecule has 0 atom stereocenters. The summed E-state index contributed by atoms with van der Waals surface area (Å²) in [5.41, 5.74) is 0. The third-order valence-corrected chi connectivity index (χ3v) is 6.14. The van der Waals surface area contributed by atoms with Gasteiger partial charge in [-0.05, 0) is 38.6 Å². The van der Waals surface area contributed by atoms with Gasteiger partial charge in [-0.2, -0.15) is 17.0 Å². The van der Waals surface area contributed by atoms with Crippen molar-refractivity contribution in [1.82, 2.24) is 13.9 Å². The van der Waals surface area contributed by atoms with E-state index < -0.39 is 10.2 Å². The first-order valence-electron chi connectivity index (χ1n) is 7.63. The van der Waals surface area contributed by atoms with Gasteiger partial charge in [0.05, 0.1) is 0 Å². The van der Waals surface area contributed by atoms with Gasteiger partial charge in [-0.3, -0.25) is 0 Å². The van der Waals surface area contributed by atoms with Gasteiger partial charge < -0.3 is 5.32 Å². The predicted octanol–water partition coefficient (Wildman–Crippen LogP) is 1.18. The van der Waals surface area contributed by atoms with Crippen molar-refractivity contribution in [2.24, 2.45) is 0 Å². The van der Waals surface area contributed by atoms with E-state index in [4.69, 9.17) is 0 Å². The second kappa shape index (κ2) is 7.02. The van der Waals surface area contributed by atoms with Gasteiger partial charge in [0, 0.05) is 32.2 Å². The molecule has 0 amide bonds. The van der Waals surface area contributed by atoms with Crippen LogP contribution in [0, 0.1) is 0 Å². The molecular formula is C13H27N3O2S. The normalized spacial score (nSPS) is 24.7. The molecule has 0 spiro atoms. The van der Waals surface area contributed by atoms with Crippen LogP contribution < -0.4 is 5.32 Å². The Morgan fingerprint density at radius 1 is 1.00 bits per heavy atom. The zero-order valence-corrected chi connectivity index (χ0v) is 12.8. The van der Waals surface area contributed by atoms with Crippen molar-refractivity contribution < 1.29 is 8.42 Å². The Hall–Kier alpha value is -0.170. The molecule has 2 aliphatic rings. The molecule has 2 fully saturated rings. The average Bonchev–Trinajstić information content (AvgIpc) is 2.46. The van der Waals surface area contributed by atoms with Crippen molar-refractivity contribution in [3.8, 4) is 0 Å². The van der Waals surface area contributed by atoms with Crippen molar-refractivity contribution >= 4 is 10.2 Å². The van der Waals surface area contributed by atoms with Crippen molar-refractivity contribution in [2.75, 3.05) is 32.7 Å². The van der Waals surface area contributed by atoms with E-state index in [1.54, 1.807) is 8.61 Å². The highest BCUT2D eigenvalue weighted by atomic mass is 32.2. The van der Waals surface area contributed by atoms with Gasteiger partial charge in [0.15, 0.2) is 0 Å². The molecule has 2 aliphatic heterocycles. The fourth-order valence-corrected chi connectivity index (χ4v) is 4.62. The quantitative estimate of drug-likeness (QED) is 0.827. The summed E-state index contributed by atoms with van der Waals surface area (Å²) in [4.78, 5) is 0. The first-order chi connectivity index (χ1) is 9.14. The largest absolute Gasteiger partial charge is 0.314 e. The van der Waals surface area contributed by atoms with Crippen LogP contribution in [0.4, 0.5) is 0 Å².